The Morgan fingerprint density at radius 1 is 0.833 bits per heavy atom. The second-order valence-corrected chi connectivity index (χ2v) is 10.3. The third-order valence-electron chi connectivity index (χ3n) is 7.18. The van der Waals surface area contributed by atoms with Gasteiger partial charge in [-0.2, -0.15) is 4.57 Å². The maximum absolute atomic E-state index is 5.85. The van der Waals surface area contributed by atoms with Gasteiger partial charge in [0.1, 0.15) is 0 Å². The van der Waals surface area contributed by atoms with E-state index in [0.29, 0.717) is 0 Å². The van der Waals surface area contributed by atoms with E-state index in [9.17, 15) is 0 Å². The molecule has 1 aromatic heterocycles. The lowest BCUT2D eigenvalue weighted by molar-refractivity contribution is -0.686. The SMILES string of the molecule is COc1cc(-c2ccc(C(C)(C)C)cc2)c2cc3[n+](cc2c1OC)CCc1cc2c(cc1-3)OCO2.[Cl-]. The van der Waals surface area contributed by atoms with E-state index in [1.165, 1.54) is 16.7 Å². The minimum Gasteiger partial charge on any atom is -1.00 e. The van der Waals surface area contributed by atoms with Crippen molar-refractivity contribution >= 4 is 10.8 Å². The van der Waals surface area contributed by atoms with Gasteiger partial charge in [-0.1, -0.05) is 45.0 Å². The van der Waals surface area contributed by atoms with E-state index >= 15 is 0 Å². The van der Waals surface area contributed by atoms with Crippen molar-refractivity contribution in [2.45, 2.75) is 39.2 Å². The predicted octanol–water partition coefficient (Wildman–Crippen LogP) is 3.06. The zero-order chi connectivity index (χ0) is 24.3. The van der Waals surface area contributed by atoms with E-state index in [4.69, 9.17) is 18.9 Å². The molecular formula is C30H30ClNO4. The topological polar surface area (TPSA) is 40.8 Å². The molecule has 0 fully saturated rings. The molecule has 0 aliphatic carbocycles. The number of aryl methyl sites for hydroxylation is 2. The molecule has 0 saturated carbocycles. The molecule has 3 aromatic carbocycles. The highest BCUT2D eigenvalue weighted by atomic mass is 35.5. The molecule has 0 unspecified atom stereocenters. The molecule has 0 radical (unpaired) electrons. The van der Waals surface area contributed by atoms with Crippen molar-refractivity contribution < 1.29 is 35.9 Å². The Bertz CT molecular complexity index is 1470. The summed E-state index contributed by atoms with van der Waals surface area (Å²) in [5.41, 5.74) is 7.31. The van der Waals surface area contributed by atoms with Crippen LogP contribution in [0.3, 0.4) is 0 Å². The molecule has 4 aromatic rings. The van der Waals surface area contributed by atoms with Crippen molar-refractivity contribution in [2.75, 3.05) is 21.0 Å². The average molecular weight is 504 g/mol. The van der Waals surface area contributed by atoms with Crippen LogP contribution in [0.4, 0.5) is 0 Å². The van der Waals surface area contributed by atoms with Crippen LogP contribution in [-0.2, 0) is 18.4 Å². The second-order valence-electron chi connectivity index (χ2n) is 10.3. The van der Waals surface area contributed by atoms with Crippen LogP contribution in [0, 0.1) is 0 Å². The number of halogens is 1. The number of hydrogen-bond acceptors (Lipinski definition) is 4. The first-order valence-corrected chi connectivity index (χ1v) is 12.0. The third kappa shape index (κ3) is 3.82. The number of ether oxygens (including phenoxy) is 4. The highest BCUT2D eigenvalue weighted by molar-refractivity contribution is 6.02. The van der Waals surface area contributed by atoms with Crippen LogP contribution in [-0.4, -0.2) is 21.0 Å². The average Bonchev–Trinajstić information content (AvgIpc) is 3.32. The van der Waals surface area contributed by atoms with Gasteiger partial charge in [0.2, 0.25) is 12.5 Å². The van der Waals surface area contributed by atoms with Crippen LogP contribution in [0.5, 0.6) is 23.0 Å². The Hall–Kier alpha value is -3.44. The first-order valence-electron chi connectivity index (χ1n) is 12.0. The minimum atomic E-state index is 0. The van der Waals surface area contributed by atoms with Gasteiger partial charge < -0.3 is 31.4 Å². The number of pyridine rings is 1. The third-order valence-corrected chi connectivity index (χ3v) is 7.18. The summed E-state index contributed by atoms with van der Waals surface area (Å²) in [6, 6.07) is 17.5. The van der Waals surface area contributed by atoms with E-state index in [1.807, 2.05) is 0 Å². The molecule has 0 spiro atoms. The second kappa shape index (κ2) is 8.90. The highest BCUT2D eigenvalue weighted by Gasteiger charge is 2.29. The molecule has 6 heteroatoms. The monoisotopic (exact) mass is 503 g/mol. The van der Waals surface area contributed by atoms with Crippen molar-refractivity contribution in [1.82, 2.24) is 0 Å². The van der Waals surface area contributed by atoms with E-state index in [1.54, 1.807) is 14.2 Å². The molecular weight excluding hydrogens is 474 g/mol. The lowest BCUT2D eigenvalue weighted by Crippen LogP contribution is -3.00. The Balaban J connectivity index is 0.00000267. The first-order chi connectivity index (χ1) is 16.9. The van der Waals surface area contributed by atoms with Crippen molar-refractivity contribution in [2.24, 2.45) is 0 Å². The quantitative estimate of drug-likeness (QED) is 0.403. The summed E-state index contributed by atoms with van der Waals surface area (Å²) in [6.07, 6.45) is 3.13. The normalized spacial score (nSPS) is 13.6. The number of aromatic nitrogens is 1. The van der Waals surface area contributed by atoms with Crippen molar-refractivity contribution in [3.63, 3.8) is 0 Å². The van der Waals surface area contributed by atoms with Gasteiger partial charge >= 0.3 is 0 Å². The Kier molecular flexibility index (Phi) is 6.00. The molecule has 5 nitrogen and oxygen atoms in total. The maximum Gasteiger partial charge on any atom is 0.231 e. The van der Waals surface area contributed by atoms with Gasteiger partial charge in [0, 0.05) is 17.9 Å². The van der Waals surface area contributed by atoms with Crippen molar-refractivity contribution in [3.05, 3.63) is 65.9 Å². The van der Waals surface area contributed by atoms with E-state index in [0.717, 1.165) is 63.6 Å². The summed E-state index contributed by atoms with van der Waals surface area (Å²) in [7, 11) is 3.40. The van der Waals surface area contributed by atoms with Gasteiger partial charge in [0.15, 0.2) is 35.7 Å². The van der Waals surface area contributed by atoms with Crippen LogP contribution in [0.25, 0.3) is 33.2 Å². The lowest BCUT2D eigenvalue weighted by atomic mass is 9.85. The fourth-order valence-corrected chi connectivity index (χ4v) is 5.24. The van der Waals surface area contributed by atoms with Crippen LogP contribution in [0.15, 0.2) is 54.7 Å². The summed E-state index contributed by atoms with van der Waals surface area (Å²) in [5, 5.41) is 2.16. The number of nitrogens with zero attached hydrogens (tertiary/aromatic N) is 1. The molecule has 36 heavy (non-hydrogen) atoms. The Morgan fingerprint density at radius 3 is 2.22 bits per heavy atom. The van der Waals surface area contributed by atoms with Crippen molar-refractivity contribution in [3.8, 4) is 45.4 Å². The maximum atomic E-state index is 5.85. The molecule has 0 amide bonds. The summed E-state index contributed by atoms with van der Waals surface area (Å²) in [4.78, 5) is 0. The van der Waals surface area contributed by atoms with Gasteiger partial charge in [-0.25, -0.2) is 0 Å². The fourth-order valence-electron chi connectivity index (χ4n) is 5.24. The van der Waals surface area contributed by atoms with Gasteiger partial charge in [0.25, 0.3) is 0 Å². The summed E-state index contributed by atoms with van der Waals surface area (Å²) < 4.78 is 25.3. The van der Waals surface area contributed by atoms with E-state index in [-0.39, 0.29) is 24.6 Å². The number of hydrogen-bond donors (Lipinski definition) is 0. The molecule has 3 heterocycles. The minimum absolute atomic E-state index is 0. The van der Waals surface area contributed by atoms with Gasteiger partial charge in [0.05, 0.1) is 25.2 Å². The molecule has 2 aliphatic rings. The summed E-state index contributed by atoms with van der Waals surface area (Å²) >= 11 is 0. The standard InChI is InChI=1S/C30H30NO4.ClH/c1-30(2,3)20-8-6-18(7-9-20)21-14-28(32-4)29(33-5)24-16-31-11-10-19-12-26-27(35-17-34-26)15-22(19)25(31)13-23(21)24;/h6-9,12-16H,10-11,17H2,1-5H3;1H/q+1;/p-1. The van der Waals surface area contributed by atoms with Gasteiger partial charge in [-0.3, -0.25) is 0 Å². The highest BCUT2D eigenvalue weighted by Crippen LogP contribution is 2.45. The number of fused-ring (bicyclic) bond motifs is 5. The first kappa shape index (κ1) is 24.3. The summed E-state index contributed by atoms with van der Waals surface area (Å²) in [6.45, 7) is 7.87. The Labute approximate surface area is 218 Å². The molecule has 0 atom stereocenters. The summed E-state index contributed by atoms with van der Waals surface area (Å²) in [5.74, 6) is 3.13. The van der Waals surface area contributed by atoms with Gasteiger partial charge in [-0.15, -0.1) is 0 Å². The molecule has 0 N–H and O–H groups in total. The fraction of sp³-hybridized carbons (Fsp3) is 0.300. The molecule has 186 valence electrons. The zero-order valence-electron chi connectivity index (χ0n) is 21.3. The van der Waals surface area contributed by atoms with Crippen LogP contribution in [0.2, 0.25) is 0 Å². The predicted molar refractivity (Wildman–Crippen MR) is 137 cm³/mol. The molecule has 0 saturated heterocycles. The molecule has 6 rings (SSSR count). The largest absolute Gasteiger partial charge is 1.00 e. The zero-order valence-corrected chi connectivity index (χ0v) is 22.0. The number of benzene rings is 3. The van der Waals surface area contributed by atoms with Crippen molar-refractivity contribution in [1.29, 1.82) is 0 Å². The van der Waals surface area contributed by atoms with Crippen LogP contribution >= 0.6 is 0 Å². The van der Waals surface area contributed by atoms with Crippen LogP contribution < -0.4 is 35.9 Å². The smallest absolute Gasteiger partial charge is 0.231 e. The van der Waals surface area contributed by atoms with Crippen LogP contribution in [0.1, 0.15) is 31.9 Å². The molecule has 2 aliphatic heterocycles. The van der Waals surface area contributed by atoms with Gasteiger partial charge in [-0.05, 0) is 45.9 Å². The lowest BCUT2D eigenvalue weighted by Gasteiger charge is -2.21. The number of rotatable bonds is 3. The van der Waals surface area contributed by atoms with E-state index in [2.05, 4.69) is 80.1 Å². The van der Waals surface area contributed by atoms with E-state index < -0.39 is 0 Å². The number of methoxy groups -OCH3 is 2. The molecule has 0 bridgehead atoms. The Morgan fingerprint density at radius 2 is 1.56 bits per heavy atom.